The predicted molar refractivity (Wildman–Crippen MR) is 79.2 cm³/mol. The van der Waals surface area contributed by atoms with E-state index in [1.165, 1.54) is 17.0 Å². The van der Waals surface area contributed by atoms with E-state index in [9.17, 15) is 17.2 Å². The van der Waals surface area contributed by atoms with E-state index in [-0.39, 0.29) is 29.8 Å². The number of benzene rings is 1. The highest BCUT2D eigenvalue weighted by Gasteiger charge is 2.24. The highest BCUT2D eigenvalue weighted by Crippen LogP contribution is 2.26. The first-order valence-corrected chi connectivity index (χ1v) is 8.79. The van der Waals surface area contributed by atoms with Gasteiger partial charge in [0, 0.05) is 19.1 Å². The Kier molecular flexibility index (Phi) is 4.83. The number of sulfone groups is 1. The summed E-state index contributed by atoms with van der Waals surface area (Å²) in [6, 6.07) is 2.38. The largest absolute Gasteiger partial charge is 0.366 e. The van der Waals surface area contributed by atoms with Crippen LogP contribution in [0.1, 0.15) is 18.9 Å². The van der Waals surface area contributed by atoms with Crippen molar-refractivity contribution in [2.24, 2.45) is 5.73 Å². The maximum absolute atomic E-state index is 14.2. The number of hydrogen-bond donors (Lipinski definition) is 1. The smallest absolute Gasteiger partial charge is 0.152 e. The number of anilines is 1. The first kappa shape index (κ1) is 16.2. The van der Waals surface area contributed by atoms with Crippen LogP contribution in [-0.2, 0) is 16.3 Å². The van der Waals surface area contributed by atoms with Gasteiger partial charge < -0.3 is 10.6 Å². The van der Waals surface area contributed by atoms with Crippen molar-refractivity contribution < 1.29 is 17.2 Å². The fraction of sp³-hybridized carbons (Fsp3) is 0.571. The van der Waals surface area contributed by atoms with Crippen LogP contribution < -0.4 is 10.6 Å². The van der Waals surface area contributed by atoms with Gasteiger partial charge in [0.25, 0.3) is 0 Å². The lowest BCUT2D eigenvalue weighted by molar-refractivity contribution is 0.566. The third-order valence-corrected chi connectivity index (χ3v) is 5.22. The quantitative estimate of drug-likeness (QED) is 0.917. The molecule has 1 aliphatic rings. The van der Waals surface area contributed by atoms with Crippen LogP contribution in [0.3, 0.4) is 0 Å². The van der Waals surface area contributed by atoms with Gasteiger partial charge in [0.15, 0.2) is 9.84 Å². The number of hydrogen-bond acceptors (Lipinski definition) is 4. The molecule has 1 aromatic rings. The molecule has 0 saturated carbocycles. The molecule has 1 heterocycles. The summed E-state index contributed by atoms with van der Waals surface area (Å²) >= 11 is 0. The Labute approximate surface area is 123 Å². The summed E-state index contributed by atoms with van der Waals surface area (Å²) in [6.07, 6.45) is 0.769. The molecule has 1 saturated heterocycles. The van der Waals surface area contributed by atoms with Crippen LogP contribution in [0.5, 0.6) is 0 Å². The molecule has 4 nitrogen and oxygen atoms in total. The van der Waals surface area contributed by atoms with E-state index in [1.54, 1.807) is 6.92 Å². The van der Waals surface area contributed by atoms with E-state index in [0.717, 1.165) is 0 Å². The van der Waals surface area contributed by atoms with Gasteiger partial charge >= 0.3 is 0 Å². The van der Waals surface area contributed by atoms with Gasteiger partial charge in [-0.3, -0.25) is 0 Å². The third kappa shape index (κ3) is 4.14. The van der Waals surface area contributed by atoms with Crippen molar-refractivity contribution in [1.82, 2.24) is 0 Å². The molecule has 2 N–H and O–H groups in total. The maximum atomic E-state index is 14.2. The van der Waals surface area contributed by atoms with Crippen molar-refractivity contribution in [1.29, 1.82) is 0 Å². The molecule has 21 heavy (non-hydrogen) atoms. The molecule has 1 fully saturated rings. The number of rotatable bonds is 3. The van der Waals surface area contributed by atoms with Gasteiger partial charge in [-0.25, -0.2) is 17.2 Å². The highest BCUT2D eigenvalue weighted by atomic mass is 32.2. The predicted octanol–water partition coefficient (Wildman–Crippen LogP) is 1.48. The monoisotopic (exact) mass is 318 g/mol. The Hall–Kier alpha value is -1.21. The van der Waals surface area contributed by atoms with Gasteiger partial charge in [0.1, 0.15) is 17.3 Å². The van der Waals surface area contributed by atoms with E-state index in [1.807, 2.05) is 0 Å². The Bertz CT molecular complexity index is 594. The number of halogens is 2. The lowest BCUT2D eigenvalue weighted by Gasteiger charge is -2.23. The standard InChI is InChI=1S/C14H20F2N2O2S/c1-10(17)7-11-8-12(15)14(13(16)9-11)18-3-2-5-21(19,20)6-4-18/h8-10H,2-7,17H2,1H3. The lowest BCUT2D eigenvalue weighted by atomic mass is 10.1. The molecule has 0 aromatic heterocycles. The normalized spacial score (nSPS) is 20.1. The van der Waals surface area contributed by atoms with Crippen molar-refractivity contribution in [3.05, 3.63) is 29.3 Å². The van der Waals surface area contributed by atoms with Gasteiger partial charge in [-0.05, 0) is 37.5 Å². The molecule has 0 spiro atoms. The van der Waals surface area contributed by atoms with Crippen LogP contribution in [0.25, 0.3) is 0 Å². The van der Waals surface area contributed by atoms with Crippen molar-refractivity contribution in [2.45, 2.75) is 25.8 Å². The molecule has 0 radical (unpaired) electrons. The van der Waals surface area contributed by atoms with Crippen LogP contribution >= 0.6 is 0 Å². The minimum absolute atomic E-state index is 0.0650. The summed E-state index contributed by atoms with van der Waals surface area (Å²) in [6.45, 7) is 2.21. The van der Waals surface area contributed by atoms with Crippen molar-refractivity contribution >= 4 is 15.5 Å². The second-order valence-corrected chi connectivity index (χ2v) is 7.89. The summed E-state index contributed by atoms with van der Waals surface area (Å²) in [7, 11) is -3.11. The minimum atomic E-state index is -3.11. The zero-order chi connectivity index (χ0) is 15.6. The van der Waals surface area contributed by atoms with E-state index in [4.69, 9.17) is 5.73 Å². The van der Waals surface area contributed by atoms with Crippen LogP contribution in [0, 0.1) is 11.6 Å². The van der Waals surface area contributed by atoms with E-state index >= 15 is 0 Å². The summed E-state index contributed by atoms with van der Waals surface area (Å²) < 4.78 is 51.5. The van der Waals surface area contributed by atoms with E-state index < -0.39 is 21.5 Å². The molecule has 1 aliphatic heterocycles. The van der Waals surface area contributed by atoms with Crippen LogP contribution in [0.2, 0.25) is 0 Å². The molecule has 0 aliphatic carbocycles. The van der Waals surface area contributed by atoms with Crippen molar-refractivity contribution in [3.63, 3.8) is 0 Å². The minimum Gasteiger partial charge on any atom is -0.366 e. The maximum Gasteiger partial charge on any atom is 0.152 e. The second kappa shape index (κ2) is 6.27. The molecule has 0 bridgehead atoms. The van der Waals surface area contributed by atoms with Gasteiger partial charge in [-0.2, -0.15) is 0 Å². The second-order valence-electron chi connectivity index (χ2n) is 5.58. The number of nitrogens with two attached hydrogens (primary N) is 1. The van der Waals surface area contributed by atoms with Gasteiger partial charge in [0.05, 0.1) is 11.5 Å². The van der Waals surface area contributed by atoms with Gasteiger partial charge in [0.2, 0.25) is 0 Å². The van der Waals surface area contributed by atoms with E-state index in [2.05, 4.69) is 0 Å². The van der Waals surface area contributed by atoms with Crippen LogP contribution in [0.4, 0.5) is 14.5 Å². The first-order valence-electron chi connectivity index (χ1n) is 6.97. The molecule has 2 rings (SSSR count). The average Bonchev–Trinajstić information content (AvgIpc) is 2.49. The van der Waals surface area contributed by atoms with Crippen LogP contribution in [-0.4, -0.2) is 39.1 Å². The van der Waals surface area contributed by atoms with Crippen molar-refractivity contribution in [2.75, 3.05) is 29.5 Å². The molecular formula is C14H20F2N2O2S. The molecule has 1 unspecified atom stereocenters. The highest BCUT2D eigenvalue weighted by molar-refractivity contribution is 7.91. The van der Waals surface area contributed by atoms with E-state index in [0.29, 0.717) is 24.9 Å². The molecule has 0 amide bonds. The first-order chi connectivity index (χ1) is 9.78. The zero-order valence-electron chi connectivity index (χ0n) is 12.0. The SMILES string of the molecule is CC(N)Cc1cc(F)c(N2CCCS(=O)(=O)CC2)c(F)c1. The number of nitrogens with zero attached hydrogens (tertiary/aromatic N) is 1. The molecule has 1 aromatic carbocycles. The zero-order valence-corrected chi connectivity index (χ0v) is 12.8. The Balaban J connectivity index is 2.27. The molecule has 1 atom stereocenters. The summed E-state index contributed by atoms with van der Waals surface area (Å²) in [4.78, 5) is 1.48. The fourth-order valence-electron chi connectivity index (χ4n) is 2.57. The average molecular weight is 318 g/mol. The Morgan fingerprint density at radius 1 is 1.24 bits per heavy atom. The van der Waals surface area contributed by atoms with Gasteiger partial charge in [-0.15, -0.1) is 0 Å². The topological polar surface area (TPSA) is 63.4 Å². The lowest BCUT2D eigenvalue weighted by Crippen LogP contribution is -2.29. The third-order valence-electron chi connectivity index (χ3n) is 3.51. The Morgan fingerprint density at radius 3 is 2.43 bits per heavy atom. The van der Waals surface area contributed by atoms with Crippen LogP contribution in [0.15, 0.2) is 12.1 Å². The summed E-state index contributed by atoms with van der Waals surface area (Å²) in [5.74, 6) is -1.34. The molecular weight excluding hydrogens is 298 g/mol. The Morgan fingerprint density at radius 2 is 1.86 bits per heavy atom. The molecule has 118 valence electrons. The van der Waals surface area contributed by atoms with Gasteiger partial charge in [-0.1, -0.05) is 0 Å². The fourth-order valence-corrected chi connectivity index (χ4v) is 3.84. The summed E-state index contributed by atoms with van der Waals surface area (Å²) in [5.41, 5.74) is 6.00. The van der Waals surface area contributed by atoms with Crippen molar-refractivity contribution in [3.8, 4) is 0 Å². The molecule has 7 heteroatoms. The summed E-state index contributed by atoms with van der Waals surface area (Å²) in [5, 5.41) is 0.